The van der Waals surface area contributed by atoms with E-state index in [0.29, 0.717) is 30.8 Å². The molecule has 4 rings (SSSR count). The van der Waals surface area contributed by atoms with Crippen LogP contribution < -0.4 is 25.6 Å². The highest BCUT2D eigenvalue weighted by molar-refractivity contribution is 5.99. The summed E-state index contributed by atoms with van der Waals surface area (Å²) in [5, 5.41) is 29.7. The summed E-state index contributed by atoms with van der Waals surface area (Å²) in [6.07, 6.45) is 5.99. The first kappa shape index (κ1) is 31.5. The predicted octanol–water partition coefficient (Wildman–Crippen LogP) is 2.31. The number of carbonyl (C=O) groups is 3. The number of rotatable bonds is 14. The highest BCUT2D eigenvalue weighted by atomic mass is 16.5. The Morgan fingerprint density at radius 3 is 2.52 bits per heavy atom. The van der Waals surface area contributed by atoms with E-state index in [9.17, 15) is 24.6 Å². The highest BCUT2D eigenvalue weighted by Crippen LogP contribution is 2.28. The SMILES string of the molecule is C[C@H](NC[C@@H](O)[C@H](Cc1ccccc1)NC(=O)c1cc(OCCO)cc(N2CCCC2=O)c1)C(=O)NC1CCCCC1. The molecule has 0 spiro atoms. The third-order valence-corrected chi connectivity index (χ3v) is 7.96. The van der Waals surface area contributed by atoms with Crippen LogP contribution in [-0.2, 0) is 16.0 Å². The molecule has 1 saturated carbocycles. The number of aliphatic hydroxyl groups excluding tert-OH is 2. The number of ether oxygens (including phenoxy) is 1. The van der Waals surface area contributed by atoms with Gasteiger partial charge in [0.25, 0.3) is 5.91 Å². The third kappa shape index (κ3) is 9.01. The minimum atomic E-state index is -0.993. The Morgan fingerprint density at radius 1 is 1.07 bits per heavy atom. The number of carbonyl (C=O) groups excluding carboxylic acids is 3. The first-order valence-electron chi connectivity index (χ1n) is 15.1. The molecule has 10 nitrogen and oxygen atoms in total. The molecule has 0 aromatic heterocycles. The second-order valence-electron chi connectivity index (χ2n) is 11.2. The smallest absolute Gasteiger partial charge is 0.251 e. The van der Waals surface area contributed by atoms with Crippen LogP contribution in [0.2, 0.25) is 0 Å². The summed E-state index contributed by atoms with van der Waals surface area (Å²) in [6.45, 7) is 2.28. The molecule has 1 heterocycles. The van der Waals surface area contributed by atoms with Gasteiger partial charge in [0.05, 0.1) is 24.8 Å². The largest absolute Gasteiger partial charge is 0.491 e. The standard InChI is InChI=1S/C32H44N4O6/c1-22(31(40)34-25-11-6-3-7-12-25)33-21-29(38)28(17-23-9-4-2-5-10-23)35-32(41)24-18-26(36-14-8-13-30(36)39)20-27(19-24)42-16-15-37/h2,4-5,9-10,18-20,22,25,28-29,33,37-38H,3,6-8,11-17,21H2,1H3,(H,34,40)(H,35,41)/t22-,28-,29+/m0/s1. The number of benzene rings is 2. The molecule has 1 aliphatic heterocycles. The first-order valence-corrected chi connectivity index (χ1v) is 15.1. The van der Waals surface area contributed by atoms with Crippen LogP contribution in [0.1, 0.15) is 67.8 Å². The number of nitrogens with zero attached hydrogens (tertiary/aromatic N) is 1. The van der Waals surface area contributed by atoms with Crippen LogP contribution in [-0.4, -0.2) is 78.5 Å². The Hall–Kier alpha value is -3.47. The van der Waals surface area contributed by atoms with Crippen LogP contribution in [0.3, 0.4) is 0 Å². The van der Waals surface area contributed by atoms with E-state index in [2.05, 4.69) is 16.0 Å². The van der Waals surface area contributed by atoms with Crippen molar-refractivity contribution in [2.24, 2.45) is 0 Å². The van der Waals surface area contributed by atoms with Gasteiger partial charge in [0.1, 0.15) is 12.4 Å². The maximum Gasteiger partial charge on any atom is 0.251 e. The Labute approximate surface area is 247 Å². The van der Waals surface area contributed by atoms with E-state index in [1.54, 1.807) is 30.0 Å². The zero-order chi connectivity index (χ0) is 29.9. The number of amides is 3. The molecule has 2 fully saturated rings. The van der Waals surface area contributed by atoms with Crippen molar-refractivity contribution in [2.75, 3.05) is 31.2 Å². The molecular weight excluding hydrogens is 536 g/mol. The van der Waals surface area contributed by atoms with Gasteiger partial charge >= 0.3 is 0 Å². The first-order chi connectivity index (χ1) is 20.3. The minimum Gasteiger partial charge on any atom is -0.491 e. The van der Waals surface area contributed by atoms with E-state index in [4.69, 9.17) is 4.74 Å². The van der Waals surface area contributed by atoms with Gasteiger partial charge in [0, 0.05) is 42.9 Å². The van der Waals surface area contributed by atoms with E-state index in [1.165, 1.54) is 6.42 Å². The van der Waals surface area contributed by atoms with Gasteiger partial charge in [-0.1, -0.05) is 49.6 Å². The fourth-order valence-electron chi connectivity index (χ4n) is 5.55. The number of aliphatic hydroxyl groups is 2. The van der Waals surface area contributed by atoms with Gasteiger partial charge in [-0.05, 0) is 50.3 Å². The third-order valence-electron chi connectivity index (χ3n) is 7.96. The summed E-state index contributed by atoms with van der Waals surface area (Å²) in [5.74, 6) is -0.182. The van der Waals surface area contributed by atoms with Gasteiger partial charge in [-0.15, -0.1) is 0 Å². The molecule has 0 unspecified atom stereocenters. The molecule has 0 radical (unpaired) electrons. The summed E-state index contributed by atoms with van der Waals surface area (Å²) in [4.78, 5) is 40.4. The van der Waals surface area contributed by atoms with Crippen LogP contribution in [0.15, 0.2) is 48.5 Å². The maximum absolute atomic E-state index is 13.6. The molecule has 42 heavy (non-hydrogen) atoms. The van der Waals surface area contributed by atoms with E-state index >= 15 is 0 Å². The summed E-state index contributed by atoms with van der Waals surface area (Å²) in [5.41, 5.74) is 1.77. The normalized spacial score (nSPS) is 17.9. The van der Waals surface area contributed by atoms with Gasteiger partial charge in [-0.3, -0.25) is 14.4 Å². The lowest BCUT2D eigenvalue weighted by Gasteiger charge is -2.28. The fraction of sp³-hybridized carbons (Fsp3) is 0.531. The van der Waals surface area contributed by atoms with E-state index in [-0.39, 0.29) is 43.2 Å². The predicted molar refractivity (Wildman–Crippen MR) is 160 cm³/mol. The molecule has 1 aliphatic carbocycles. The molecule has 3 amide bonds. The van der Waals surface area contributed by atoms with Crippen LogP contribution in [0.25, 0.3) is 0 Å². The van der Waals surface area contributed by atoms with Gasteiger partial charge in [-0.2, -0.15) is 0 Å². The van der Waals surface area contributed by atoms with Crippen molar-refractivity contribution in [3.8, 4) is 5.75 Å². The number of nitrogens with one attached hydrogen (secondary N) is 3. The van der Waals surface area contributed by atoms with E-state index in [0.717, 1.165) is 37.7 Å². The number of hydrogen-bond acceptors (Lipinski definition) is 7. The molecule has 3 atom stereocenters. The quantitative estimate of drug-likeness (QED) is 0.231. The fourth-order valence-corrected chi connectivity index (χ4v) is 5.55. The van der Waals surface area contributed by atoms with Crippen molar-refractivity contribution in [2.45, 2.75) is 82.5 Å². The van der Waals surface area contributed by atoms with E-state index in [1.807, 2.05) is 30.3 Å². The molecule has 5 N–H and O–H groups in total. The monoisotopic (exact) mass is 580 g/mol. The lowest BCUT2D eigenvalue weighted by molar-refractivity contribution is -0.123. The van der Waals surface area contributed by atoms with Crippen LogP contribution in [0.5, 0.6) is 5.75 Å². The van der Waals surface area contributed by atoms with Crippen LogP contribution >= 0.6 is 0 Å². The van der Waals surface area contributed by atoms with Crippen molar-refractivity contribution in [3.05, 3.63) is 59.7 Å². The van der Waals surface area contributed by atoms with Gasteiger partial charge < -0.3 is 35.8 Å². The van der Waals surface area contributed by atoms with Crippen molar-refractivity contribution in [1.82, 2.24) is 16.0 Å². The average molecular weight is 581 g/mol. The summed E-state index contributed by atoms with van der Waals surface area (Å²) in [7, 11) is 0. The van der Waals surface area contributed by atoms with Gasteiger partial charge in [0.15, 0.2) is 0 Å². The average Bonchev–Trinajstić information content (AvgIpc) is 3.44. The van der Waals surface area contributed by atoms with Crippen molar-refractivity contribution < 1.29 is 29.3 Å². The van der Waals surface area contributed by atoms with Crippen molar-refractivity contribution >= 4 is 23.4 Å². The molecule has 0 bridgehead atoms. The maximum atomic E-state index is 13.6. The minimum absolute atomic E-state index is 0.0224. The van der Waals surface area contributed by atoms with Crippen molar-refractivity contribution in [1.29, 1.82) is 0 Å². The molecule has 2 aromatic rings. The highest BCUT2D eigenvalue weighted by Gasteiger charge is 2.27. The lowest BCUT2D eigenvalue weighted by Crippen LogP contribution is -2.53. The molecule has 2 aromatic carbocycles. The zero-order valence-electron chi connectivity index (χ0n) is 24.4. The van der Waals surface area contributed by atoms with Crippen LogP contribution in [0.4, 0.5) is 5.69 Å². The number of anilines is 1. The Morgan fingerprint density at radius 2 is 1.83 bits per heavy atom. The van der Waals surface area contributed by atoms with Gasteiger partial charge in [0.2, 0.25) is 11.8 Å². The second kappa shape index (κ2) is 15.7. The van der Waals surface area contributed by atoms with Crippen LogP contribution in [0, 0.1) is 0 Å². The van der Waals surface area contributed by atoms with E-state index < -0.39 is 24.1 Å². The number of hydrogen-bond donors (Lipinski definition) is 5. The zero-order valence-corrected chi connectivity index (χ0v) is 24.4. The Balaban J connectivity index is 1.46. The molecule has 1 saturated heterocycles. The second-order valence-corrected chi connectivity index (χ2v) is 11.2. The lowest BCUT2D eigenvalue weighted by atomic mass is 9.95. The molecule has 228 valence electrons. The Bertz CT molecular complexity index is 1190. The summed E-state index contributed by atoms with van der Waals surface area (Å²) in [6, 6.07) is 13.5. The summed E-state index contributed by atoms with van der Waals surface area (Å²) >= 11 is 0. The van der Waals surface area contributed by atoms with Crippen molar-refractivity contribution in [3.63, 3.8) is 0 Å². The van der Waals surface area contributed by atoms with Gasteiger partial charge in [-0.25, -0.2) is 0 Å². The molecular formula is C32H44N4O6. The molecule has 2 aliphatic rings. The molecule has 10 heteroatoms. The topological polar surface area (TPSA) is 140 Å². The summed E-state index contributed by atoms with van der Waals surface area (Å²) < 4.78 is 5.61. The Kier molecular flexibility index (Phi) is 11.7.